The second kappa shape index (κ2) is 4.62. The molecule has 0 bridgehead atoms. The molecule has 19 heavy (non-hydrogen) atoms. The van der Waals surface area contributed by atoms with Gasteiger partial charge in [-0.3, -0.25) is 0 Å². The van der Waals surface area contributed by atoms with Crippen molar-refractivity contribution < 1.29 is 4.39 Å². The van der Waals surface area contributed by atoms with Crippen molar-refractivity contribution in [3.63, 3.8) is 0 Å². The molecule has 0 spiro atoms. The molecule has 0 fully saturated rings. The average Bonchev–Trinajstić information content (AvgIpc) is 2.96. The number of hydrogen-bond donors (Lipinski definition) is 0. The number of halogens is 2. The van der Waals surface area contributed by atoms with E-state index in [-0.39, 0.29) is 11.7 Å². The zero-order chi connectivity index (χ0) is 13.4. The largest absolute Gasteiger partial charge is 0.319 e. The number of imidazole rings is 1. The molecule has 0 radical (unpaired) electrons. The number of hydrogen-bond acceptors (Lipinski definition) is 3. The molecule has 98 valence electrons. The van der Waals surface area contributed by atoms with E-state index in [1.165, 1.54) is 6.07 Å². The predicted molar refractivity (Wildman–Crippen MR) is 69.4 cm³/mol. The lowest BCUT2D eigenvalue weighted by Crippen LogP contribution is -2.09. The molecule has 3 aromatic rings. The molecule has 0 N–H and O–H groups in total. The Bertz CT molecular complexity index is 733. The molecule has 0 saturated heterocycles. The summed E-state index contributed by atoms with van der Waals surface area (Å²) in [6, 6.07) is 4.81. The Hall–Kier alpha value is -1.95. The first-order valence-corrected chi connectivity index (χ1v) is 6.26. The summed E-state index contributed by atoms with van der Waals surface area (Å²) in [6.07, 6.45) is 1.60. The maximum absolute atomic E-state index is 14.0. The Morgan fingerprint density at radius 1 is 1.32 bits per heavy atom. The molecule has 5 nitrogen and oxygen atoms in total. The summed E-state index contributed by atoms with van der Waals surface area (Å²) < 4.78 is 17.5. The van der Waals surface area contributed by atoms with Crippen molar-refractivity contribution in [2.75, 3.05) is 0 Å². The zero-order valence-corrected chi connectivity index (χ0v) is 11.0. The number of para-hydroxylation sites is 1. The van der Waals surface area contributed by atoms with Crippen LogP contribution in [-0.4, -0.2) is 24.3 Å². The molecule has 0 unspecified atom stereocenters. The van der Waals surface area contributed by atoms with Crippen molar-refractivity contribution in [3.05, 3.63) is 42.0 Å². The zero-order valence-electron chi connectivity index (χ0n) is 10.2. The van der Waals surface area contributed by atoms with Gasteiger partial charge in [0.25, 0.3) is 0 Å². The van der Waals surface area contributed by atoms with Crippen molar-refractivity contribution in [2.24, 2.45) is 7.05 Å². The van der Waals surface area contributed by atoms with E-state index >= 15 is 0 Å². The molecule has 0 aliphatic carbocycles. The van der Waals surface area contributed by atoms with Gasteiger partial charge in [0.2, 0.25) is 0 Å². The minimum Gasteiger partial charge on any atom is -0.319 e. The molecule has 0 atom stereocenters. The van der Waals surface area contributed by atoms with Gasteiger partial charge in [0.1, 0.15) is 23.5 Å². The van der Waals surface area contributed by atoms with Crippen molar-refractivity contribution >= 4 is 22.6 Å². The van der Waals surface area contributed by atoms with Crippen LogP contribution in [0.25, 0.3) is 11.0 Å². The summed E-state index contributed by atoms with van der Waals surface area (Å²) in [5.41, 5.74) is 1.04. The maximum atomic E-state index is 14.0. The fraction of sp³-hybridized carbons (Fsp3) is 0.250. The van der Waals surface area contributed by atoms with Gasteiger partial charge in [-0.05, 0) is 12.1 Å². The van der Waals surface area contributed by atoms with Gasteiger partial charge in [-0.1, -0.05) is 6.07 Å². The number of alkyl halides is 1. The highest BCUT2D eigenvalue weighted by Crippen LogP contribution is 2.21. The highest BCUT2D eigenvalue weighted by atomic mass is 35.5. The van der Waals surface area contributed by atoms with E-state index < -0.39 is 0 Å². The second-order valence-electron chi connectivity index (χ2n) is 4.21. The van der Waals surface area contributed by atoms with E-state index in [2.05, 4.69) is 15.2 Å². The van der Waals surface area contributed by atoms with Crippen molar-refractivity contribution in [3.8, 4) is 0 Å². The van der Waals surface area contributed by atoms with Gasteiger partial charge in [0.05, 0.1) is 17.9 Å². The Morgan fingerprint density at radius 2 is 2.16 bits per heavy atom. The fourth-order valence-corrected chi connectivity index (χ4v) is 2.26. The topological polar surface area (TPSA) is 48.5 Å². The first kappa shape index (κ1) is 12.1. The van der Waals surface area contributed by atoms with Crippen LogP contribution >= 0.6 is 11.6 Å². The summed E-state index contributed by atoms with van der Waals surface area (Å²) in [6.45, 7) is 0.385. The molecule has 0 amide bonds. The van der Waals surface area contributed by atoms with E-state index in [0.717, 1.165) is 0 Å². The number of fused-ring (bicyclic) bond motifs is 1. The van der Waals surface area contributed by atoms with Crippen LogP contribution in [0.4, 0.5) is 4.39 Å². The summed E-state index contributed by atoms with van der Waals surface area (Å²) >= 11 is 5.89. The SMILES string of the molecule is Cn1cnnc1Cn1c(CCl)nc2cccc(F)c21. The molecule has 1 aromatic carbocycles. The van der Waals surface area contributed by atoms with Gasteiger partial charge >= 0.3 is 0 Å². The monoisotopic (exact) mass is 279 g/mol. The van der Waals surface area contributed by atoms with E-state index in [1.807, 2.05) is 7.05 Å². The summed E-state index contributed by atoms with van der Waals surface area (Å²) in [4.78, 5) is 4.34. The van der Waals surface area contributed by atoms with Crippen molar-refractivity contribution in [1.29, 1.82) is 0 Å². The Morgan fingerprint density at radius 3 is 2.84 bits per heavy atom. The normalized spacial score (nSPS) is 11.3. The third kappa shape index (κ3) is 1.98. The molecule has 3 rings (SSSR count). The maximum Gasteiger partial charge on any atom is 0.152 e. The number of benzene rings is 1. The first-order valence-electron chi connectivity index (χ1n) is 5.73. The summed E-state index contributed by atoms with van der Waals surface area (Å²) in [7, 11) is 1.84. The lowest BCUT2D eigenvalue weighted by atomic mass is 10.3. The van der Waals surface area contributed by atoms with Gasteiger partial charge in [-0.25, -0.2) is 9.37 Å². The summed E-state index contributed by atoms with van der Waals surface area (Å²) in [5, 5.41) is 7.81. The number of aryl methyl sites for hydroxylation is 1. The quantitative estimate of drug-likeness (QED) is 0.690. The van der Waals surface area contributed by atoms with Gasteiger partial charge in [0, 0.05) is 7.05 Å². The smallest absolute Gasteiger partial charge is 0.152 e. The number of rotatable bonds is 3. The standard InChI is InChI=1S/C12H11ClFN5/c1-18-7-15-17-11(18)6-19-10(5-13)16-9-4-2-3-8(14)12(9)19/h2-4,7H,5-6H2,1H3. The molecular formula is C12H11ClFN5. The summed E-state index contributed by atoms with van der Waals surface area (Å²) in [5.74, 6) is 1.23. The second-order valence-corrected chi connectivity index (χ2v) is 4.48. The minimum absolute atomic E-state index is 0.214. The lowest BCUT2D eigenvalue weighted by Gasteiger charge is -2.07. The van der Waals surface area contributed by atoms with Crippen LogP contribution in [-0.2, 0) is 19.5 Å². The molecule has 2 heterocycles. The van der Waals surface area contributed by atoms with Crippen LogP contribution < -0.4 is 0 Å². The van der Waals surface area contributed by atoms with E-state index in [9.17, 15) is 4.39 Å². The highest BCUT2D eigenvalue weighted by molar-refractivity contribution is 6.16. The minimum atomic E-state index is -0.316. The Balaban J connectivity index is 2.18. The van der Waals surface area contributed by atoms with Crippen LogP contribution in [0.2, 0.25) is 0 Å². The van der Waals surface area contributed by atoms with Gasteiger partial charge in [-0.15, -0.1) is 21.8 Å². The Kier molecular flexibility index (Phi) is 2.94. The third-order valence-corrected chi connectivity index (χ3v) is 3.26. The molecule has 2 aromatic heterocycles. The average molecular weight is 280 g/mol. The van der Waals surface area contributed by atoms with Crippen LogP contribution in [0, 0.1) is 5.82 Å². The molecule has 7 heteroatoms. The van der Waals surface area contributed by atoms with Crippen molar-refractivity contribution in [2.45, 2.75) is 12.4 Å². The molecule has 0 aliphatic heterocycles. The lowest BCUT2D eigenvalue weighted by molar-refractivity contribution is 0.619. The van der Waals surface area contributed by atoms with Gasteiger partial charge < -0.3 is 9.13 Å². The molecule has 0 saturated carbocycles. The van der Waals surface area contributed by atoms with Crippen LogP contribution in [0.5, 0.6) is 0 Å². The number of nitrogens with zero attached hydrogens (tertiary/aromatic N) is 5. The highest BCUT2D eigenvalue weighted by Gasteiger charge is 2.15. The van der Waals surface area contributed by atoms with E-state index in [0.29, 0.717) is 29.2 Å². The van der Waals surface area contributed by atoms with E-state index in [1.54, 1.807) is 27.6 Å². The molecular weight excluding hydrogens is 269 g/mol. The molecule has 0 aliphatic rings. The first-order chi connectivity index (χ1) is 9.20. The van der Waals surface area contributed by atoms with Crippen LogP contribution in [0.15, 0.2) is 24.5 Å². The van der Waals surface area contributed by atoms with Crippen LogP contribution in [0.1, 0.15) is 11.6 Å². The van der Waals surface area contributed by atoms with Gasteiger partial charge in [0.15, 0.2) is 5.82 Å². The Labute approximate surface area is 113 Å². The van der Waals surface area contributed by atoms with Gasteiger partial charge in [-0.2, -0.15) is 0 Å². The van der Waals surface area contributed by atoms with E-state index in [4.69, 9.17) is 11.6 Å². The van der Waals surface area contributed by atoms with Crippen molar-refractivity contribution in [1.82, 2.24) is 24.3 Å². The predicted octanol–water partition coefficient (Wildman–Crippen LogP) is 2.09. The number of aromatic nitrogens is 5. The third-order valence-electron chi connectivity index (χ3n) is 3.02. The van der Waals surface area contributed by atoms with Crippen LogP contribution in [0.3, 0.4) is 0 Å². The fourth-order valence-electron chi connectivity index (χ4n) is 2.05.